The van der Waals surface area contributed by atoms with Crippen LogP contribution in [0.3, 0.4) is 0 Å². The topological polar surface area (TPSA) is 46.2 Å². The summed E-state index contributed by atoms with van der Waals surface area (Å²) in [6.45, 7) is 4.34. The number of hydrogen-bond donors (Lipinski definition) is 1. The van der Waals surface area contributed by atoms with Crippen LogP contribution in [0.15, 0.2) is 27.6 Å². The summed E-state index contributed by atoms with van der Waals surface area (Å²) in [5.41, 5.74) is 0. The van der Waals surface area contributed by atoms with Crippen LogP contribution < -0.4 is 4.72 Å². The Balaban J connectivity index is 2.18. The highest BCUT2D eigenvalue weighted by molar-refractivity contribution is 9.10. The molecule has 0 heterocycles. The van der Waals surface area contributed by atoms with Gasteiger partial charge < -0.3 is 0 Å². The minimum Gasteiger partial charge on any atom is -0.208 e. The van der Waals surface area contributed by atoms with Crippen molar-refractivity contribution in [3.63, 3.8) is 0 Å². The number of rotatable bonds is 3. The molecule has 1 aliphatic rings. The lowest BCUT2D eigenvalue weighted by molar-refractivity contribution is 0.257. The molecule has 1 saturated carbocycles. The Morgan fingerprint density at radius 2 is 1.80 bits per heavy atom. The van der Waals surface area contributed by atoms with E-state index in [1.165, 1.54) is 6.07 Å². The van der Waals surface area contributed by atoms with E-state index in [0.29, 0.717) is 11.8 Å². The standard InChI is InChI=1S/C14H19BrClNO2S/c1-9-5-10(2)7-12(6-9)17-20(18,19)14-4-3-11(15)8-13(14)16/h3-4,8-10,12,17H,5-7H2,1-2H3. The first kappa shape index (κ1) is 16.3. The summed E-state index contributed by atoms with van der Waals surface area (Å²) >= 11 is 9.32. The zero-order valence-corrected chi connectivity index (χ0v) is 14.7. The molecule has 3 nitrogen and oxygen atoms in total. The van der Waals surface area contributed by atoms with E-state index >= 15 is 0 Å². The van der Waals surface area contributed by atoms with Gasteiger partial charge in [0.2, 0.25) is 10.0 Å². The molecule has 0 bridgehead atoms. The Hall–Kier alpha value is -0.100. The van der Waals surface area contributed by atoms with Gasteiger partial charge in [-0.05, 0) is 49.3 Å². The zero-order chi connectivity index (χ0) is 14.9. The third-order valence-electron chi connectivity index (χ3n) is 3.68. The minimum atomic E-state index is -3.56. The Kier molecular flexibility index (Phi) is 5.16. The molecule has 2 atom stereocenters. The highest BCUT2D eigenvalue weighted by Crippen LogP contribution is 2.31. The molecule has 1 aromatic rings. The second kappa shape index (κ2) is 6.34. The zero-order valence-electron chi connectivity index (χ0n) is 11.6. The molecule has 6 heteroatoms. The lowest BCUT2D eigenvalue weighted by Gasteiger charge is -2.31. The highest BCUT2D eigenvalue weighted by Gasteiger charge is 2.28. The third-order valence-corrected chi connectivity index (χ3v) is 6.18. The average Bonchev–Trinajstić information content (AvgIpc) is 2.25. The van der Waals surface area contributed by atoms with Crippen LogP contribution in [0.5, 0.6) is 0 Å². The van der Waals surface area contributed by atoms with Gasteiger partial charge in [0.1, 0.15) is 4.90 Å². The Morgan fingerprint density at radius 3 is 2.35 bits per heavy atom. The number of nitrogens with one attached hydrogen (secondary N) is 1. The van der Waals surface area contributed by atoms with Crippen molar-refractivity contribution in [2.24, 2.45) is 11.8 Å². The van der Waals surface area contributed by atoms with Crippen LogP contribution in [0.2, 0.25) is 5.02 Å². The van der Waals surface area contributed by atoms with Gasteiger partial charge in [0, 0.05) is 10.5 Å². The summed E-state index contributed by atoms with van der Waals surface area (Å²) in [5.74, 6) is 1.10. The smallest absolute Gasteiger partial charge is 0.208 e. The van der Waals surface area contributed by atoms with E-state index in [-0.39, 0.29) is 16.0 Å². The predicted molar refractivity (Wildman–Crippen MR) is 85.4 cm³/mol. The van der Waals surface area contributed by atoms with Gasteiger partial charge >= 0.3 is 0 Å². The van der Waals surface area contributed by atoms with Crippen molar-refractivity contribution in [2.75, 3.05) is 0 Å². The fraction of sp³-hybridized carbons (Fsp3) is 0.571. The maximum Gasteiger partial charge on any atom is 0.242 e. The summed E-state index contributed by atoms with van der Waals surface area (Å²) in [5, 5.41) is 0.240. The molecule has 112 valence electrons. The number of hydrogen-bond acceptors (Lipinski definition) is 2. The largest absolute Gasteiger partial charge is 0.242 e. The van der Waals surface area contributed by atoms with Crippen molar-refractivity contribution >= 4 is 37.6 Å². The Labute approximate surface area is 134 Å². The van der Waals surface area contributed by atoms with Gasteiger partial charge in [-0.2, -0.15) is 0 Å². The van der Waals surface area contributed by atoms with Gasteiger partial charge in [-0.25, -0.2) is 13.1 Å². The molecular weight excluding hydrogens is 362 g/mol. The number of halogens is 2. The van der Waals surface area contributed by atoms with Crippen LogP contribution in [0.1, 0.15) is 33.1 Å². The molecule has 0 spiro atoms. The second-order valence-electron chi connectivity index (χ2n) is 5.81. The van der Waals surface area contributed by atoms with E-state index in [1.807, 2.05) is 0 Å². The van der Waals surface area contributed by atoms with Gasteiger partial charge in [-0.1, -0.05) is 41.4 Å². The molecule has 20 heavy (non-hydrogen) atoms. The molecule has 1 N–H and O–H groups in total. The molecule has 0 aliphatic heterocycles. The van der Waals surface area contributed by atoms with Crippen molar-refractivity contribution in [2.45, 2.75) is 44.0 Å². The first-order valence-electron chi connectivity index (χ1n) is 6.75. The van der Waals surface area contributed by atoms with Crippen LogP contribution in [0.25, 0.3) is 0 Å². The SMILES string of the molecule is CC1CC(C)CC(NS(=O)(=O)c2ccc(Br)cc2Cl)C1. The Bertz CT molecular complexity index is 581. The van der Waals surface area contributed by atoms with Crippen LogP contribution >= 0.6 is 27.5 Å². The first-order valence-corrected chi connectivity index (χ1v) is 9.40. The Morgan fingerprint density at radius 1 is 1.20 bits per heavy atom. The van der Waals surface area contributed by atoms with E-state index < -0.39 is 10.0 Å². The van der Waals surface area contributed by atoms with Gasteiger partial charge in [0.15, 0.2) is 0 Å². The van der Waals surface area contributed by atoms with Crippen molar-refractivity contribution < 1.29 is 8.42 Å². The molecule has 0 saturated heterocycles. The fourth-order valence-electron chi connectivity index (χ4n) is 3.02. The molecule has 1 aromatic carbocycles. The van der Waals surface area contributed by atoms with Gasteiger partial charge in [0.25, 0.3) is 0 Å². The molecule has 2 unspecified atom stereocenters. The minimum absolute atomic E-state index is 0.00142. The van der Waals surface area contributed by atoms with Gasteiger partial charge in [-0.15, -0.1) is 0 Å². The summed E-state index contributed by atoms with van der Waals surface area (Å²) in [6, 6.07) is 4.82. The molecule has 0 aromatic heterocycles. The first-order chi connectivity index (χ1) is 9.28. The molecule has 2 rings (SSSR count). The van der Waals surface area contributed by atoms with E-state index in [1.54, 1.807) is 12.1 Å². The molecule has 0 radical (unpaired) electrons. The van der Waals surface area contributed by atoms with Crippen molar-refractivity contribution in [1.82, 2.24) is 4.72 Å². The van der Waals surface area contributed by atoms with Crippen molar-refractivity contribution in [3.05, 3.63) is 27.7 Å². The van der Waals surface area contributed by atoms with Crippen LogP contribution in [-0.4, -0.2) is 14.5 Å². The van der Waals surface area contributed by atoms with Gasteiger partial charge in [-0.3, -0.25) is 0 Å². The summed E-state index contributed by atoms with van der Waals surface area (Å²) in [6.07, 6.45) is 2.94. The van der Waals surface area contributed by atoms with Crippen LogP contribution in [0.4, 0.5) is 0 Å². The van der Waals surface area contributed by atoms with Gasteiger partial charge in [0.05, 0.1) is 5.02 Å². The van der Waals surface area contributed by atoms with Crippen LogP contribution in [-0.2, 0) is 10.0 Å². The summed E-state index contributed by atoms with van der Waals surface area (Å²) in [4.78, 5) is 0.147. The normalized spacial score (nSPS) is 27.5. The van der Waals surface area contributed by atoms with Crippen molar-refractivity contribution in [1.29, 1.82) is 0 Å². The quantitative estimate of drug-likeness (QED) is 0.854. The third kappa shape index (κ3) is 3.97. The fourth-order valence-corrected chi connectivity index (χ4v) is 5.32. The van der Waals surface area contributed by atoms with Crippen molar-refractivity contribution in [3.8, 4) is 0 Å². The maximum absolute atomic E-state index is 12.4. The summed E-state index contributed by atoms with van der Waals surface area (Å²) < 4.78 is 28.4. The predicted octanol–water partition coefficient (Wildman–Crippen LogP) is 4.21. The maximum atomic E-state index is 12.4. The van der Waals surface area contributed by atoms with E-state index in [0.717, 1.165) is 23.7 Å². The van der Waals surface area contributed by atoms with Crippen LogP contribution in [0, 0.1) is 11.8 Å². The molecule has 0 amide bonds. The van der Waals surface area contributed by atoms with E-state index in [9.17, 15) is 8.42 Å². The van der Waals surface area contributed by atoms with E-state index in [4.69, 9.17) is 11.6 Å². The average molecular weight is 381 g/mol. The number of sulfonamides is 1. The summed E-state index contributed by atoms with van der Waals surface area (Å²) in [7, 11) is -3.56. The lowest BCUT2D eigenvalue weighted by atomic mass is 9.81. The van der Waals surface area contributed by atoms with E-state index in [2.05, 4.69) is 34.5 Å². The highest BCUT2D eigenvalue weighted by atomic mass is 79.9. The second-order valence-corrected chi connectivity index (χ2v) is 8.82. The lowest BCUT2D eigenvalue weighted by Crippen LogP contribution is -2.40. The number of benzene rings is 1. The molecular formula is C14H19BrClNO2S. The molecule has 1 aliphatic carbocycles. The monoisotopic (exact) mass is 379 g/mol. The molecule has 1 fully saturated rings.